The summed E-state index contributed by atoms with van der Waals surface area (Å²) in [5, 5.41) is 4.78. The number of amides is 1. The molecule has 140 valence electrons. The fraction of sp³-hybridized carbons (Fsp3) is 0.0952. The number of likely N-dealkylation sites (N-methyl/N-ethyl adjacent to an activating group) is 1. The molecule has 0 radical (unpaired) electrons. The van der Waals surface area contributed by atoms with Gasteiger partial charge in [0.1, 0.15) is 10.1 Å². The maximum atomic E-state index is 12.4. The number of hydrogen-bond acceptors (Lipinski definition) is 5. The average Bonchev–Trinajstić information content (AvgIpc) is 3.26. The van der Waals surface area contributed by atoms with Crippen LogP contribution in [0.5, 0.6) is 5.75 Å². The zero-order valence-electron chi connectivity index (χ0n) is 15.3. The van der Waals surface area contributed by atoms with E-state index in [1.165, 1.54) is 16.7 Å². The Balaban J connectivity index is 1.82. The number of nitrogens with zero attached hydrogens (tertiary/aromatic N) is 3. The number of benzene rings is 2. The predicted octanol–water partition coefficient (Wildman–Crippen LogP) is 4.38. The molecule has 1 saturated heterocycles. The van der Waals surface area contributed by atoms with E-state index in [0.29, 0.717) is 9.23 Å². The van der Waals surface area contributed by atoms with Crippen molar-refractivity contribution in [3.8, 4) is 22.7 Å². The molecular formula is C21H17N3O2S2. The van der Waals surface area contributed by atoms with Gasteiger partial charge in [-0.3, -0.25) is 9.69 Å². The molecule has 0 unspecified atom stereocenters. The molecule has 1 aliphatic heterocycles. The number of carbonyl (C=O) groups is 1. The Bertz CT molecular complexity index is 1070. The number of aromatic nitrogens is 2. The molecule has 3 aromatic rings. The lowest BCUT2D eigenvalue weighted by molar-refractivity contribution is -0.121. The van der Waals surface area contributed by atoms with Crippen LogP contribution < -0.4 is 4.74 Å². The van der Waals surface area contributed by atoms with Gasteiger partial charge in [-0.05, 0) is 42.5 Å². The summed E-state index contributed by atoms with van der Waals surface area (Å²) in [6, 6.07) is 17.6. The molecule has 0 aliphatic carbocycles. The first-order valence-corrected chi connectivity index (χ1v) is 9.80. The van der Waals surface area contributed by atoms with Gasteiger partial charge >= 0.3 is 0 Å². The maximum absolute atomic E-state index is 12.4. The van der Waals surface area contributed by atoms with Crippen LogP contribution >= 0.6 is 24.0 Å². The second-order valence-corrected chi connectivity index (χ2v) is 7.86. The van der Waals surface area contributed by atoms with Gasteiger partial charge in [0.25, 0.3) is 5.91 Å². The van der Waals surface area contributed by atoms with E-state index in [4.69, 9.17) is 22.1 Å². The van der Waals surface area contributed by atoms with Crippen LogP contribution in [0.3, 0.4) is 0 Å². The van der Waals surface area contributed by atoms with Crippen LogP contribution in [0.4, 0.5) is 0 Å². The third kappa shape index (κ3) is 3.46. The van der Waals surface area contributed by atoms with Gasteiger partial charge in [0.2, 0.25) is 0 Å². The van der Waals surface area contributed by atoms with Crippen LogP contribution in [-0.4, -0.2) is 39.1 Å². The van der Waals surface area contributed by atoms with Crippen molar-refractivity contribution in [1.29, 1.82) is 0 Å². The molecule has 7 heteroatoms. The van der Waals surface area contributed by atoms with Crippen molar-refractivity contribution in [2.75, 3.05) is 14.2 Å². The second kappa shape index (κ2) is 7.61. The van der Waals surface area contributed by atoms with Gasteiger partial charge in [-0.25, -0.2) is 4.68 Å². The summed E-state index contributed by atoms with van der Waals surface area (Å²) in [6.07, 6.45) is 3.78. The van der Waals surface area contributed by atoms with Crippen molar-refractivity contribution < 1.29 is 9.53 Å². The number of hydrogen-bond donors (Lipinski definition) is 0. The highest BCUT2D eigenvalue weighted by molar-refractivity contribution is 8.26. The first-order valence-electron chi connectivity index (χ1n) is 8.58. The first kappa shape index (κ1) is 18.5. The van der Waals surface area contributed by atoms with Crippen LogP contribution in [0, 0.1) is 0 Å². The Morgan fingerprint density at radius 3 is 2.43 bits per heavy atom. The van der Waals surface area contributed by atoms with Crippen molar-refractivity contribution >= 4 is 40.3 Å². The van der Waals surface area contributed by atoms with Gasteiger partial charge in [0, 0.05) is 24.4 Å². The fourth-order valence-electron chi connectivity index (χ4n) is 2.87. The molecule has 1 amide bonds. The number of thioether (sulfide) groups is 1. The molecule has 0 spiro atoms. The summed E-state index contributed by atoms with van der Waals surface area (Å²) in [4.78, 5) is 14.5. The Hall–Kier alpha value is -2.90. The third-order valence-electron chi connectivity index (χ3n) is 4.40. The van der Waals surface area contributed by atoms with Crippen LogP contribution in [0.1, 0.15) is 5.56 Å². The largest absolute Gasteiger partial charge is 0.497 e. The van der Waals surface area contributed by atoms with Crippen molar-refractivity contribution in [3.05, 3.63) is 71.3 Å². The standard InChI is InChI=1S/C21H17N3O2S2/c1-23-20(25)18(28-21(23)27)12-15-13-24(16-6-4-3-5-7-16)22-19(15)14-8-10-17(26-2)11-9-14/h3-13H,1-2H3. The van der Waals surface area contributed by atoms with E-state index in [1.54, 1.807) is 14.2 Å². The highest BCUT2D eigenvalue weighted by atomic mass is 32.2. The lowest BCUT2D eigenvalue weighted by Gasteiger charge is -2.04. The smallest absolute Gasteiger partial charge is 0.265 e. The van der Waals surface area contributed by atoms with E-state index >= 15 is 0 Å². The van der Waals surface area contributed by atoms with Crippen LogP contribution in [0.2, 0.25) is 0 Å². The lowest BCUT2D eigenvalue weighted by atomic mass is 10.1. The Labute approximate surface area is 172 Å². The molecule has 0 saturated carbocycles. The summed E-state index contributed by atoms with van der Waals surface area (Å²) in [7, 11) is 3.33. The summed E-state index contributed by atoms with van der Waals surface area (Å²) in [5.74, 6) is 0.683. The van der Waals surface area contributed by atoms with Crippen LogP contribution in [0.25, 0.3) is 23.0 Å². The average molecular weight is 408 g/mol. The molecule has 1 aliphatic rings. The number of rotatable bonds is 4. The van der Waals surface area contributed by atoms with Crippen molar-refractivity contribution in [1.82, 2.24) is 14.7 Å². The van der Waals surface area contributed by atoms with E-state index in [1.807, 2.05) is 71.6 Å². The van der Waals surface area contributed by atoms with E-state index < -0.39 is 0 Å². The number of carbonyl (C=O) groups excluding carboxylic acids is 1. The SMILES string of the molecule is COc1ccc(-c2nn(-c3ccccc3)cc2C=C2SC(=S)N(C)C2=O)cc1. The molecule has 0 N–H and O–H groups in total. The molecule has 2 aromatic carbocycles. The normalized spacial score (nSPS) is 15.5. The van der Waals surface area contributed by atoms with Crippen LogP contribution in [-0.2, 0) is 4.79 Å². The minimum atomic E-state index is -0.0943. The Kier molecular flexibility index (Phi) is 5.02. The van der Waals surface area contributed by atoms with Crippen molar-refractivity contribution in [2.24, 2.45) is 0 Å². The first-order chi connectivity index (χ1) is 13.6. The maximum Gasteiger partial charge on any atom is 0.265 e. The topological polar surface area (TPSA) is 47.4 Å². The fourth-order valence-corrected chi connectivity index (χ4v) is 4.04. The van der Waals surface area contributed by atoms with Crippen LogP contribution in [0.15, 0.2) is 65.7 Å². The third-order valence-corrected chi connectivity index (χ3v) is 5.88. The summed E-state index contributed by atoms with van der Waals surface area (Å²) >= 11 is 6.54. The molecule has 5 nitrogen and oxygen atoms in total. The molecule has 1 aromatic heterocycles. The predicted molar refractivity (Wildman–Crippen MR) is 116 cm³/mol. The van der Waals surface area contributed by atoms with Gasteiger partial charge < -0.3 is 4.74 Å². The zero-order valence-corrected chi connectivity index (χ0v) is 17.0. The van der Waals surface area contributed by atoms with E-state index in [2.05, 4.69) is 0 Å². The van der Waals surface area contributed by atoms with Gasteiger partial charge in [-0.15, -0.1) is 0 Å². The molecule has 1 fully saturated rings. The van der Waals surface area contributed by atoms with E-state index in [9.17, 15) is 4.79 Å². The van der Waals surface area contributed by atoms with Crippen molar-refractivity contribution in [3.63, 3.8) is 0 Å². The second-order valence-electron chi connectivity index (χ2n) is 6.18. The lowest BCUT2D eigenvalue weighted by Crippen LogP contribution is -2.22. The van der Waals surface area contributed by atoms with Crippen molar-refractivity contribution in [2.45, 2.75) is 0 Å². The number of thiocarbonyl (C=S) groups is 1. The molecule has 4 rings (SSSR count). The van der Waals surface area contributed by atoms with E-state index in [0.717, 1.165) is 28.3 Å². The highest BCUT2D eigenvalue weighted by Crippen LogP contribution is 2.34. The summed E-state index contributed by atoms with van der Waals surface area (Å²) in [5.41, 5.74) is 3.52. The monoisotopic (exact) mass is 407 g/mol. The minimum Gasteiger partial charge on any atom is -0.497 e. The van der Waals surface area contributed by atoms with Gasteiger partial charge in [-0.1, -0.05) is 42.2 Å². The number of para-hydroxylation sites is 1. The Morgan fingerprint density at radius 2 is 1.82 bits per heavy atom. The summed E-state index contributed by atoms with van der Waals surface area (Å²) < 4.78 is 7.62. The van der Waals surface area contributed by atoms with Gasteiger partial charge in [0.15, 0.2) is 0 Å². The number of ether oxygens (including phenoxy) is 1. The number of methoxy groups -OCH3 is 1. The Morgan fingerprint density at radius 1 is 1.11 bits per heavy atom. The molecule has 2 heterocycles. The van der Waals surface area contributed by atoms with Gasteiger partial charge in [0.05, 0.1) is 23.4 Å². The zero-order chi connectivity index (χ0) is 19.7. The summed E-state index contributed by atoms with van der Waals surface area (Å²) in [6.45, 7) is 0. The quantitative estimate of drug-likeness (QED) is 0.475. The van der Waals surface area contributed by atoms with E-state index in [-0.39, 0.29) is 5.91 Å². The molecule has 0 atom stereocenters. The van der Waals surface area contributed by atoms with Gasteiger partial charge in [-0.2, -0.15) is 5.10 Å². The highest BCUT2D eigenvalue weighted by Gasteiger charge is 2.29. The minimum absolute atomic E-state index is 0.0943. The molecule has 0 bridgehead atoms. The molecular weight excluding hydrogens is 390 g/mol. The molecule has 28 heavy (non-hydrogen) atoms.